The maximum atomic E-state index is 13.0. The first-order chi connectivity index (χ1) is 14.2. The Morgan fingerprint density at radius 2 is 2.03 bits per heavy atom. The topological polar surface area (TPSA) is 58.2 Å². The molecule has 5 nitrogen and oxygen atoms in total. The zero-order valence-electron chi connectivity index (χ0n) is 16.4. The molecule has 2 aromatic carbocycles. The van der Waals surface area contributed by atoms with Crippen LogP contribution in [0.15, 0.2) is 48.5 Å². The summed E-state index contributed by atoms with van der Waals surface area (Å²) in [5, 5.41) is 2.23. The second-order valence-corrected chi connectivity index (χ2v) is 8.51. The predicted octanol–water partition coefficient (Wildman–Crippen LogP) is 5.20. The van der Waals surface area contributed by atoms with Gasteiger partial charge in [-0.05, 0) is 50.1 Å². The zero-order chi connectivity index (χ0) is 19.8. The molecule has 148 valence electrons. The van der Waals surface area contributed by atoms with Crippen molar-refractivity contribution in [3.8, 4) is 5.75 Å². The molecule has 1 aliphatic rings. The zero-order valence-corrected chi connectivity index (χ0v) is 17.2. The summed E-state index contributed by atoms with van der Waals surface area (Å²) in [5.74, 6) is 1.33. The highest BCUT2D eigenvalue weighted by atomic mass is 32.1. The molecule has 1 amide bonds. The summed E-state index contributed by atoms with van der Waals surface area (Å²) in [5.41, 5.74) is 2.66. The number of carbonyl (C=O) groups is 1. The van der Waals surface area contributed by atoms with E-state index in [0.29, 0.717) is 18.2 Å². The van der Waals surface area contributed by atoms with Gasteiger partial charge in [-0.25, -0.2) is 4.98 Å². The van der Waals surface area contributed by atoms with Crippen molar-refractivity contribution in [3.05, 3.63) is 59.2 Å². The van der Waals surface area contributed by atoms with E-state index in [1.54, 1.807) is 11.3 Å². The lowest BCUT2D eigenvalue weighted by atomic mass is 9.97. The number of thiazole rings is 1. The Morgan fingerprint density at radius 3 is 2.83 bits per heavy atom. The third kappa shape index (κ3) is 3.49. The smallest absolute Gasteiger partial charge is 0.270 e. The van der Waals surface area contributed by atoms with E-state index in [0.717, 1.165) is 48.1 Å². The molecule has 0 saturated carbocycles. The lowest BCUT2D eigenvalue weighted by molar-refractivity contribution is 0.0708. The Bertz CT molecular complexity index is 1140. The number of carbonyl (C=O) groups excluding carboxylic acids is 1. The normalized spacial score (nSPS) is 15.3. The Kier molecular flexibility index (Phi) is 4.72. The van der Waals surface area contributed by atoms with Gasteiger partial charge in [-0.3, -0.25) is 4.79 Å². The fourth-order valence-electron chi connectivity index (χ4n) is 4.04. The molecule has 0 bridgehead atoms. The highest BCUT2D eigenvalue weighted by molar-refractivity contribution is 7.18. The summed E-state index contributed by atoms with van der Waals surface area (Å²) in [6.45, 7) is 4.12. The largest absolute Gasteiger partial charge is 0.494 e. The fraction of sp³-hybridized carbons (Fsp3) is 0.304. The second-order valence-electron chi connectivity index (χ2n) is 7.45. The lowest BCUT2D eigenvalue weighted by Gasteiger charge is -2.30. The predicted molar refractivity (Wildman–Crippen MR) is 117 cm³/mol. The molecule has 4 aromatic rings. The van der Waals surface area contributed by atoms with Crippen LogP contribution in [0.25, 0.3) is 21.1 Å². The minimum absolute atomic E-state index is 0.0712. The van der Waals surface area contributed by atoms with Crippen molar-refractivity contribution < 1.29 is 9.53 Å². The summed E-state index contributed by atoms with van der Waals surface area (Å²) in [7, 11) is 0. The van der Waals surface area contributed by atoms with Gasteiger partial charge in [0.15, 0.2) is 0 Å². The average molecular weight is 406 g/mol. The Morgan fingerprint density at radius 1 is 1.21 bits per heavy atom. The van der Waals surface area contributed by atoms with Gasteiger partial charge in [0.1, 0.15) is 11.4 Å². The Labute approximate surface area is 173 Å². The number of benzene rings is 2. The first-order valence-corrected chi connectivity index (χ1v) is 10.9. The second kappa shape index (κ2) is 7.52. The van der Waals surface area contributed by atoms with E-state index in [9.17, 15) is 4.79 Å². The number of aromatic amines is 1. The SMILES string of the molecule is CCOc1ccc2cc(C(=O)N3CCC(c4nc5ccccc5s4)CC3)[nH]c2c1. The van der Waals surface area contributed by atoms with Crippen LogP contribution >= 0.6 is 11.3 Å². The number of H-pyrrole nitrogens is 1. The van der Waals surface area contributed by atoms with Crippen LogP contribution in [0, 0.1) is 0 Å². The number of likely N-dealkylation sites (tertiary alicyclic amines) is 1. The van der Waals surface area contributed by atoms with Gasteiger partial charge >= 0.3 is 0 Å². The first-order valence-electron chi connectivity index (χ1n) is 10.1. The fourth-order valence-corrected chi connectivity index (χ4v) is 5.18. The number of aromatic nitrogens is 2. The number of hydrogen-bond acceptors (Lipinski definition) is 4. The molecular formula is C23H23N3O2S. The maximum absolute atomic E-state index is 13.0. The molecular weight excluding hydrogens is 382 g/mol. The third-order valence-electron chi connectivity index (χ3n) is 5.58. The van der Waals surface area contributed by atoms with Crippen LogP contribution in [0.5, 0.6) is 5.75 Å². The van der Waals surface area contributed by atoms with Gasteiger partial charge in [0.05, 0.1) is 21.8 Å². The van der Waals surface area contributed by atoms with E-state index < -0.39 is 0 Å². The van der Waals surface area contributed by atoms with Crippen LogP contribution in [-0.2, 0) is 0 Å². The van der Waals surface area contributed by atoms with Gasteiger partial charge < -0.3 is 14.6 Å². The van der Waals surface area contributed by atoms with Crippen LogP contribution in [0.2, 0.25) is 0 Å². The van der Waals surface area contributed by atoms with Crippen LogP contribution in [-0.4, -0.2) is 40.5 Å². The van der Waals surface area contributed by atoms with Gasteiger partial charge in [0, 0.05) is 36.0 Å². The van der Waals surface area contributed by atoms with Crippen LogP contribution in [0.1, 0.15) is 41.2 Å². The molecule has 0 spiro atoms. The molecule has 1 fully saturated rings. The van der Waals surface area contributed by atoms with E-state index in [1.807, 2.05) is 42.2 Å². The number of para-hydroxylation sites is 1. The quantitative estimate of drug-likeness (QED) is 0.508. The summed E-state index contributed by atoms with van der Waals surface area (Å²) in [6, 6.07) is 16.1. The molecule has 2 aromatic heterocycles. The number of fused-ring (bicyclic) bond motifs is 2. The number of amides is 1. The Balaban J connectivity index is 1.28. The summed E-state index contributed by atoms with van der Waals surface area (Å²) < 4.78 is 6.80. The number of nitrogens with one attached hydrogen (secondary N) is 1. The Hall–Kier alpha value is -2.86. The van der Waals surface area contributed by atoms with Gasteiger partial charge in [-0.1, -0.05) is 12.1 Å². The molecule has 29 heavy (non-hydrogen) atoms. The van der Waals surface area contributed by atoms with Gasteiger partial charge in [-0.15, -0.1) is 11.3 Å². The van der Waals surface area contributed by atoms with Crippen LogP contribution < -0.4 is 4.74 Å². The average Bonchev–Trinajstić information content (AvgIpc) is 3.37. The third-order valence-corrected chi connectivity index (χ3v) is 6.78. The number of nitrogens with zero attached hydrogens (tertiary/aromatic N) is 2. The van der Waals surface area contributed by atoms with Gasteiger partial charge in [-0.2, -0.15) is 0 Å². The summed E-state index contributed by atoms with van der Waals surface area (Å²) >= 11 is 1.79. The molecule has 0 radical (unpaired) electrons. The molecule has 0 atom stereocenters. The lowest BCUT2D eigenvalue weighted by Crippen LogP contribution is -2.38. The van der Waals surface area contributed by atoms with Crippen molar-refractivity contribution in [2.24, 2.45) is 0 Å². The highest BCUT2D eigenvalue weighted by Crippen LogP contribution is 2.34. The van der Waals surface area contributed by atoms with Gasteiger partial charge in [0.25, 0.3) is 5.91 Å². The molecule has 1 saturated heterocycles. The van der Waals surface area contributed by atoms with Crippen molar-refractivity contribution in [3.63, 3.8) is 0 Å². The standard InChI is InChI=1S/C23H23N3O2S/c1-2-28-17-8-7-16-13-20(24-19(16)14-17)23(27)26-11-9-15(10-12-26)22-25-18-5-3-4-6-21(18)29-22/h3-8,13-15,24H,2,9-12H2,1H3. The number of hydrogen-bond donors (Lipinski definition) is 1. The van der Waals surface area contributed by atoms with Crippen molar-refractivity contribution in [2.75, 3.05) is 19.7 Å². The number of piperidine rings is 1. The minimum atomic E-state index is 0.0712. The molecule has 3 heterocycles. The monoisotopic (exact) mass is 405 g/mol. The molecule has 0 aliphatic carbocycles. The van der Waals surface area contributed by atoms with E-state index in [-0.39, 0.29) is 5.91 Å². The number of ether oxygens (including phenoxy) is 1. The molecule has 6 heteroatoms. The summed E-state index contributed by atoms with van der Waals surface area (Å²) in [6.07, 6.45) is 1.92. The van der Waals surface area contributed by atoms with Crippen LogP contribution in [0.3, 0.4) is 0 Å². The summed E-state index contributed by atoms with van der Waals surface area (Å²) in [4.78, 5) is 23.1. The van der Waals surface area contributed by atoms with E-state index >= 15 is 0 Å². The van der Waals surface area contributed by atoms with E-state index in [4.69, 9.17) is 9.72 Å². The van der Waals surface area contributed by atoms with Crippen molar-refractivity contribution in [1.29, 1.82) is 0 Å². The van der Waals surface area contributed by atoms with Crippen molar-refractivity contribution >= 4 is 38.4 Å². The van der Waals surface area contributed by atoms with Gasteiger partial charge in [0.2, 0.25) is 0 Å². The highest BCUT2D eigenvalue weighted by Gasteiger charge is 2.27. The first kappa shape index (κ1) is 18.2. The molecule has 0 unspecified atom stereocenters. The van der Waals surface area contributed by atoms with E-state index in [2.05, 4.69) is 23.2 Å². The van der Waals surface area contributed by atoms with Crippen LogP contribution in [0.4, 0.5) is 0 Å². The molecule has 1 N–H and O–H groups in total. The number of rotatable bonds is 4. The molecule has 5 rings (SSSR count). The maximum Gasteiger partial charge on any atom is 0.270 e. The van der Waals surface area contributed by atoms with Crippen molar-refractivity contribution in [1.82, 2.24) is 14.9 Å². The van der Waals surface area contributed by atoms with E-state index in [1.165, 1.54) is 9.71 Å². The minimum Gasteiger partial charge on any atom is -0.494 e. The van der Waals surface area contributed by atoms with Crippen molar-refractivity contribution in [2.45, 2.75) is 25.7 Å². The molecule has 1 aliphatic heterocycles.